The van der Waals surface area contributed by atoms with Gasteiger partial charge in [0, 0.05) is 6.10 Å². The molecule has 0 bridgehead atoms. The number of rotatable bonds is 4. The summed E-state index contributed by atoms with van der Waals surface area (Å²) in [5.41, 5.74) is -0.932. The van der Waals surface area contributed by atoms with Crippen LogP contribution in [0.4, 0.5) is 0 Å². The maximum Gasteiger partial charge on any atom is 0.261 e. The molecule has 2 aromatic carbocycles. The molecule has 5 heteroatoms. The summed E-state index contributed by atoms with van der Waals surface area (Å²) in [6, 6.07) is 21.7. The topological polar surface area (TPSA) is 69.9 Å². The summed E-state index contributed by atoms with van der Waals surface area (Å²) in [5.74, 6) is 0.673. The van der Waals surface area contributed by atoms with Gasteiger partial charge in [-0.3, -0.25) is 0 Å². The Balaban J connectivity index is 1.33. The second-order valence-corrected chi connectivity index (χ2v) is 20.1. The molecule has 0 aliphatic heterocycles. The number of hydrogen-bond acceptors (Lipinski definition) is 4. The third-order valence-corrected chi connectivity index (χ3v) is 18.1. The lowest BCUT2D eigenvalue weighted by molar-refractivity contribution is -0.229. The van der Waals surface area contributed by atoms with E-state index in [1.807, 2.05) is 6.92 Å². The van der Waals surface area contributed by atoms with Crippen LogP contribution >= 0.6 is 0 Å². The molecule has 6 rings (SSSR count). The summed E-state index contributed by atoms with van der Waals surface area (Å²) in [6.45, 7) is 13.6. The highest BCUT2D eigenvalue weighted by molar-refractivity contribution is 6.99. The van der Waals surface area contributed by atoms with Gasteiger partial charge >= 0.3 is 0 Å². The molecule has 2 aromatic rings. The highest BCUT2D eigenvalue weighted by atomic mass is 28.4. The molecule has 1 unspecified atom stereocenters. The van der Waals surface area contributed by atoms with Crippen molar-refractivity contribution in [2.24, 2.45) is 34.5 Å². The van der Waals surface area contributed by atoms with E-state index in [4.69, 9.17) is 4.43 Å². The first-order chi connectivity index (χ1) is 19.3. The van der Waals surface area contributed by atoms with Crippen molar-refractivity contribution in [2.45, 2.75) is 115 Å². The Morgan fingerprint density at radius 1 is 0.732 bits per heavy atom. The van der Waals surface area contributed by atoms with Crippen molar-refractivity contribution in [3.8, 4) is 0 Å². The van der Waals surface area contributed by atoms with Crippen LogP contribution in [-0.2, 0) is 4.43 Å². The molecule has 0 amide bonds. The van der Waals surface area contributed by atoms with Gasteiger partial charge < -0.3 is 19.7 Å². The van der Waals surface area contributed by atoms with Crippen LogP contribution in [-0.4, -0.2) is 47.5 Å². The van der Waals surface area contributed by atoms with E-state index < -0.39 is 26.1 Å². The molecule has 0 radical (unpaired) electrons. The minimum Gasteiger partial charge on any atom is -0.404 e. The van der Waals surface area contributed by atoms with E-state index in [1.165, 1.54) is 10.4 Å². The molecule has 0 aromatic heterocycles. The van der Waals surface area contributed by atoms with Crippen LogP contribution in [0, 0.1) is 34.5 Å². The Kier molecular flexibility index (Phi) is 7.23. The first-order valence-electron chi connectivity index (χ1n) is 16.1. The molecule has 10 atom stereocenters. The molecule has 4 aliphatic carbocycles. The van der Waals surface area contributed by atoms with E-state index in [0.29, 0.717) is 5.92 Å². The maximum atomic E-state index is 11.9. The van der Waals surface area contributed by atoms with Crippen LogP contribution in [0.1, 0.15) is 86.5 Å². The van der Waals surface area contributed by atoms with Crippen molar-refractivity contribution in [1.29, 1.82) is 0 Å². The molecule has 224 valence electrons. The molecule has 0 heterocycles. The summed E-state index contributed by atoms with van der Waals surface area (Å²) in [5, 5.41) is 37.5. The summed E-state index contributed by atoms with van der Waals surface area (Å²) >= 11 is 0. The van der Waals surface area contributed by atoms with Crippen LogP contribution in [0.3, 0.4) is 0 Å². The van der Waals surface area contributed by atoms with Crippen LogP contribution in [0.25, 0.3) is 0 Å². The van der Waals surface area contributed by atoms with Crippen LogP contribution < -0.4 is 10.4 Å². The lowest BCUT2D eigenvalue weighted by Crippen LogP contribution is -2.69. The molecular weight excluding hydrogens is 524 g/mol. The summed E-state index contributed by atoms with van der Waals surface area (Å²) in [4.78, 5) is 0. The Bertz CT molecular complexity index is 1190. The fourth-order valence-corrected chi connectivity index (χ4v) is 15.2. The zero-order valence-corrected chi connectivity index (χ0v) is 27.0. The van der Waals surface area contributed by atoms with Gasteiger partial charge in [-0.2, -0.15) is 0 Å². The monoisotopic (exact) mass is 576 g/mol. The van der Waals surface area contributed by atoms with Crippen molar-refractivity contribution in [3.63, 3.8) is 0 Å². The van der Waals surface area contributed by atoms with Crippen molar-refractivity contribution >= 4 is 18.7 Å². The Hall–Kier alpha value is -1.50. The Morgan fingerprint density at radius 2 is 1.29 bits per heavy atom. The van der Waals surface area contributed by atoms with Crippen LogP contribution in [0.5, 0.6) is 0 Å². The predicted octanol–water partition coefficient (Wildman–Crippen LogP) is 5.67. The van der Waals surface area contributed by atoms with Gasteiger partial charge in [-0.05, 0) is 102 Å². The lowest BCUT2D eigenvalue weighted by Gasteiger charge is -2.64. The first kappa shape index (κ1) is 29.6. The summed E-state index contributed by atoms with van der Waals surface area (Å²) < 4.78 is 7.55. The van der Waals surface area contributed by atoms with Gasteiger partial charge in [0.25, 0.3) is 8.32 Å². The van der Waals surface area contributed by atoms with E-state index in [9.17, 15) is 15.3 Å². The van der Waals surface area contributed by atoms with Gasteiger partial charge in [0.1, 0.15) is 0 Å². The highest BCUT2D eigenvalue weighted by Gasteiger charge is 2.67. The van der Waals surface area contributed by atoms with Crippen molar-refractivity contribution in [1.82, 2.24) is 0 Å². The van der Waals surface area contributed by atoms with E-state index in [-0.39, 0.29) is 39.7 Å². The van der Waals surface area contributed by atoms with E-state index in [1.54, 1.807) is 0 Å². The quantitative estimate of drug-likeness (QED) is 0.411. The fourth-order valence-electron chi connectivity index (χ4n) is 10.5. The number of aliphatic hydroxyl groups is 3. The molecule has 0 spiro atoms. The largest absolute Gasteiger partial charge is 0.404 e. The Labute approximate surface area is 248 Å². The fraction of sp³-hybridized carbons (Fsp3) is 0.667. The zero-order valence-electron chi connectivity index (χ0n) is 26.0. The maximum absolute atomic E-state index is 11.9. The smallest absolute Gasteiger partial charge is 0.261 e. The molecule has 0 saturated heterocycles. The van der Waals surface area contributed by atoms with E-state index in [2.05, 4.69) is 95.3 Å². The van der Waals surface area contributed by atoms with Crippen molar-refractivity contribution < 1.29 is 19.7 Å². The molecular formula is C36H52O4Si. The van der Waals surface area contributed by atoms with E-state index >= 15 is 0 Å². The molecule has 4 saturated carbocycles. The van der Waals surface area contributed by atoms with Gasteiger partial charge in [0.05, 0.1) is 17.8 Å². The third kappa shape index (κ3) is 4.28. The average molecular weight is 577 g/mol. The van der Waals surface area contributed by atoms with Crippen molar-refractivity contribution in [3.05, 3.63) is 60.7 Å². The normalized spacial score (nSPS) is 42.7. The SMILES string of the molecule is CC(C)(C)[Si](O[C@H]1CC[C@@]2(C)[C@H](C1)[C@@H](O)[C@H](O)C1[C@@H]2CC[C@@]2(C)[C@H]1CC[C@]2(C)O)(c1ccccc1)c1ccccc1. The van der Waals surface area contributed by atoms with Crippen LogP contribution in [0.15, 0.2) is 60.7 Å². The minimum atomic E-state index is -2.71. The molecule has 3 N–H and O–H groups in total. The van der Waals surface area contributed by atoms with Crippen LogP contribution in [0.2, 0.25) is 5.04 Å². The highest BCUT2D eigenvalue weighted by Crippen LogP contribution is 2.68. The minimum absolute atomic E-state index is 0.00184. The molecule has 4 nitrogen and oxygen atoms in total. The Morgan fingerprint density at radius 3 is 1.85 bits per heavy atom. The summed E-state index contributed by atoms with van der Waals surface area (Å²) in [6.07, 6.45) is 5.02. The molecule has 4 fully saturated rings. The van der Waals surface area contributed by atoms with Gasteiger partial charge in [0.15, 0.2) is 0 Å². The number of benzene rings is 2. The third-order valence-electron chi connectivity index (χ3n) is 13.0. The number of hydrogen-bond donors (Lipinski definition) is 3. The standard InChI is InChI=1S/C36H52O4Si/c1-33(2,3)41(25-13-9-7-10-14-25,26-15-11-8-12-16-26)40-24-17-20-34(4)27-18-21-35(5)28(19-22-36(35,6)39)30(27)32(38)31(37)29(34)23-24/h7-16,24,27-32,37-39H,17-23H2,1-6H3/t24-,27-,28-,29+,30?,31+,32+,34+,35-,36-/m0/s1. The van der Waals surface area contributed by atoms with Gasteiger partial charge in [0.2, 0.25) is 0 Å². The second-order valence-electron chi connectivity index (χ2n) is 15.8. The first-order valence-corrected chi connectivity index (χ1v) is 18.0. The number of aliphatic hydroxyl groups excluding tert-OH is 2. The van der Waals surface area contributed by atoms with E-state index in [0.717, 1.165) is 44.9 Å². The zero-order chi connectivity index (χ0) is 29.4. The average Bonchev–Trinajstić information content (AvgIpc) is 3.19. The second kappa shape index (κ2) is 10.0. The molecule has 41 heavy (non-hydrogen) atoms. The van der Waals surface area contributed by atoms with Crippen molar-refractivity contribution in [2.75, 3.05) is 0 Å². The van der Waals surface area contributed by atoms with Gasteiger partial charge in [-0.25, -0.2) is 0 Å². The predicted molar refractivity (Wildman–Crippen MR) is 168 cm³/mol. The van der Waals surface area contributed by atoms with Gasteiger partial charge in [-0.15, -0.1) is 0 Å². The lowest BCUT2D eigenvalue weighted by atomic mass is 9.43. The number of fused-ring (bicyclic) bond motifs is 5. The summed E-state index contributed by atoms with van der Waals surface area (Å²) in [7, 11) is -2.71. The van der Waals surface area contributed by atoms with Gasteiger partial charge in [-0.1, -0.05) is 95.3 Å². The molecule has 4 aliphatic rings.